The van der Waals surface area contributed by atoms with E-state index >= 15 is 0 Å². The third-order valence-electron chi connectivity index (χ3n) is 3.44. The molecule has 0 atom stereocenters. The molecule has 2 aromatic rings. The van der Waals surface area contributed by atoms with Gasteiger partial charge in [0, 0.05) is 21.4 Å². The Morgan fingerprint density at radius 2 is 1.86 bits per heavy atom. The maximum absolute atomic E-state index is 6.02. The van der Waals surface area contributed by atoms with Gasteiger partial charge >= 0.3 is 0 Å². The summed E-state index contributed by atoms with van der Waals surface area (Å²) in [7, 11) is 0. The summed E-state index contributed by atoms with van der Waals surface area (Å²) in [6.45, 7) is 0. The van der Waals surface area contributed by atoms with Gasteiger partial charge in [-0.3, -0.25) is 0 Å². The molecule has 0 radical (unpaired) electrons. The van der Waals surface area contributed by atoms with Crippen LogP contribution in [0.25, 0.3) is 0 Å². The van der Waals surface area contributed by atoms with Crippen molar-refractivity contribution in [2.45, 2.75) is 19.3 Å². The van der Waals surface area contributed by atoms with E-state index in [0.717, 1.165) is 36.2 Å². The predicted molar refractivity (Wildman–Crippen MR) is 91.9 cm³/mol. The minimum atomic E-state index is 0.327. The molecule has 1 aromatic heterocycles. The molecule has 0 unspecified atom stereocenters. The maximum Gasteiger partial charge on any atom is 0.140 e. The van der Waals surface area contributed by atoms with Crippen molar-refractivity contribution < 1.29 is 0 Å². The van der Waals surface area contributed by atoms with Crippen molar-refractivity contribution in [3.8, 4) is 0 Å². The molecule has 108 valence electrons. The van der Waals surface area contributed by atoms with Gasteiger partial charge in [0.2, 0.25) is 0 Å². The maximum atomic E-state index is 6.02. The van der Waals surface area contributed by atoms with Crippen molar-refractivity contribution in [3.63, 3.8) is 0 Å². The molecule has 3 N–H and O–H groups in total. The smallest absolute Gasteiger partial charge is 0.140 e. The topological polar surface area (TPSA) is 50.9 Å². The van der Waals surface area contributed by atoms with Crippen molar-refractivity contribution in [2.75, 3.05) is 5.32 Å². The number of hydrogen-bond donors (Lipinski definition) is 2. The number of nitrogens with two attached hydrogens (primary N) is 1. The van der Waals surface area contributed by atoms with Crippen molar-refractivity contribution in [1.82, 2.24) is 4.98 Å². The average molecular weight is 338 g/mol. The first-order chi connectivity index (χ1) is 10.0. The number of anilines is 2. The SMILES string of the molecule is NC(=S)c1cc2c(nc1Nc1cc(Cl)cc(Cl)c1)CCC2. The highest BCUT2D eigenvalue weighted by Gasteiger charge is 2.18. The zero-order valence-corrected chi connectivity index (χ0v) is 13.4. The highest BCUT2D eigenvalue weighted by Crippen LogP contribution is 2.29. The summed E-state index contributed by atoms with van der Waals surface area (Å²) in [6.07, 6.45) is 3.13. The Morgan fingerprint density at radius 1 is 1.14 bits per heavy atom. The normalized spacial score (nSPS) is 13.0. The van der Waals surface area contributed by atoms with Crippen LogP contribution in [0.2, 0.25) is 10.0 Å². The van der Waals surface area contributed by atoms with Gasteiger partial charge in [0.15, 0.2) is 0 Å². The lowest BCUT2D eigenvalue weighted by atomic mass is 10.1. The molecular weight excluding hydrogens is 325 g/mol. The second-order valence-electron chi connectivity index (χ2n) is 4.99. The minimum absolute atomic E-state index is 0.327. The second-order valence-corrected chi connectivity index (χ2v) is 6.30. The van der Waals surface area contributed by atoms with Crippen LogP contribution in [0.15, 0.2) is 24.3 Å². The van der Waals surface area contributed by atoms with E-state index in [1.165, 1.54) is 5.56 Å². The molecule has 0 spiro atoms. The molecule has 1 aromatic carbocycles. The van der Waals surface area contributed by atoms with Crippen molar-refractivity contribution in [2.24, 2.45) is 5.73 Å². The third-order valence-corrected chi connectivity index (χ3v) is 4.10. The number of nitrogens with one attached hydrogen (secondary N) is 1. The Balaban J connectivity index is 2.03. The van der Waals surface area contributed by atoms with Crippen molar-refractivity contribution >= 4 is 51.9 Å². The number of thiocarbonyl (C=S) groups is 1. The summed E-state index contributed by atoms with van der Waals surface area (Å²) in [5.74, 6) is 0.654. The lowest BCUT2D eigenvalue weighted by Crippen LogP contribution is -2.14. The molecule has 3 nitrogen and oxygen atoms in total. The van der Waals surface area contributed by atoms with Crippen LogP contribution in [0.3, 0.4) is 0 Å². The van der Waals surface area contributed by atoms with Gasteiger partial charge in [-0.2, -0.15) is 0 Å². The van der Waals surface area contributed by atoms with E-state index in [2.05, 4.69) is 10.3 Å². The molecule has 0 saturated heterocycles. The van der Waals surface area contributed by atoms with Crippen molar-refractivity contribution in [3.05, 3.63) is 51.1 Å². The number of aromatic nitrogens is 1. The summed E-state index contributed by atoms with van der Waals surface area (Å²) in [6, 6.07) is 7.28. The average Bonchev–Trinajstić information content (AvgIpc) is 2.83. The van der Waals surface area contributed by atoms with Gasteiger partial charge in [0.25, 0.3) is 0 Å². The Labute approximate surface area is 138 Å². The molecular formula is C15H13Cl2N3S. The number of hydrogen-bond acceptors (Lipinski definition) is 3. The molecule has 0 amide bonds. The van der Waals surface area contributed by atoms with Gasteiger partial charge < -0.3 is 11.1 Å². The van der Waals surface area contributed by atoms with Gasteiger partial charge in [0.05, 0.1) is 5.56 Å². The zero-order valence-electron chi connectivity index (χ0n) is 11.1. The Hall–Kier alpha value is -1.36. The second kappa shape index (κ2) is 5.79. The monoisotopic (exact) mass is 337 g/mol. The van der Waals surface area contributed by atoms with Gasteiger partial charge in [-0.15, -0.1) is 0 Å². The van der Waals surface area contributed by atoms with E-state index in [-0.39, 0.29) is 0 Å². The molecule has 6 heteroatoms. The number of benzene rings is 1. The fourth-order valence-electron chi connectivity index (χ4n) is 2.52. The number of pyridine rings is 1. The standard InChI is InChI=1S/C15H13Cl2N3S/c16-9-5-10(17)7-11(6-9)19-15-12(14(18)21)4-8-2-1-3-13(8)20-15/h4-7H,1-3H2,(H2,18,21)(H,19,20). The minimum Gasteiger partial charge on any atom is -0.389 e. The van der Waals surface area contributed by atoms with Gasteiger partial charge in [0.1, 0.15) is 10.8 Å². The molecule has 1 heterocycles. The van der Waals surface area contributed by atoms with Crippen LogP contribution in [0.1, 0.15) is 23.2 Å². The number of aryl methyl sites for hydroxylation is 2. The first-order valence-corrected chi connectivity index (χ1v) is 7.75. The fourth-order valence-corrected chi connectivity index (χ4v) is 3.20. The van der Waals surface area contributed by atoms with Crippen LogP contribution in [0, 0.1) is 0 Å². The molecule has 3 rings (SSSR count). The van der Waals surface area contributed by atoms with E-state index in [4.69, 9.17) is 41.2 Å². The van der Waals surface area contributed by atoms with E-state index in [1.807, 2.05) is 6.07 Å². The van der Waals surface area contributed by atoms with E-state index in [0.29, 0.717) is 20.9 Å². The summed E-state index contributed by atoms with van der Waals surface area (Å²) < 4.78 is 0. The first-order valence-electron chi connectivity index (χ1n) is 6.58. The summed E-state index contributed by atoms with van der Waals surface area (Å²) in [5, 5.41) is 4.33. The molecule has 1 aliphatic carbocycles. The van der Waals surface area contributed by atoms with Gasteiger partial charge in [-0.1, -0.05) is 35.4 Å². The molecule has 0 fully saturated rings. The summed E-state index contributed by atoms with van der Waals surface area (Å²) in [4.78, 5) is 4.99. The largest absolute Gasteiger partial charge is 0.389 e. The van der Waals surface area contributed by atoms with Crippen molar-refractivity contribution in [1.29, 1.82) is 0 Å². The number of halogens is 2. The van der Waals surface area contributed by atoms with Crippen LogP contribution in [-0.4, -0.2) is 9.97 Å². The molecule has 0 aliphatic heterocycles. The highest BCUT2D eigenvalue weighted by molar-refractivity contribution is 7.80. The van der Waals surface area contributed by atoms with E-state index in [1.54, 1.807) is 18.2 Å². The molecule has 1 aliphatic rings. The number of rotatable bonds is 3. The Bertz CT molecular complexity index is 711. The van der Waals surface area contributed by atoms with Crippen LogP contribution >= 0.6 is 35.4 Å². The number of fused-ring (bicyclic) bond motifs is 1. The summed E-state index contributed by atoms with van der Waals surface area (Å²) >= 11 is 17.2. The molecule has 0 saturated carbocycles. The van der Waals surface area contributed by atoms with Crippen LogP contribution in [0.4, 0.5) is 11.5 Å². The lowest BCUT2D eigenvalue weighted by Gasteiger charge is -2.13. The van der Waals surface area contributed by atoms with Gasteiger partial charge in [-0.05, 0) is 49.1 Å². The van der Waals surface area contributed by atoms with E-state index < -0.39 is 0 Å². The highest BCUT2D eigenvalue weighted by atomic mass is 35.5. The summed E-state index contributed by atoms with van der Waals surface area (Å²) in [5.41, 5.74) is 9.66. The lowest BCUT2D eigenvalue weighted by molar-refractivity contribution is 0.900. The van der Waals surface area contributed by atoms with Crippen LogP contribution in [-0.2, 0) is 12.8 Å². The predicted octanol–water partition coefficient (Wildman–Crippen LogP) is 4.25. The zero-order chi connectivity index (χ0) is 15.0. The first kappa shape index (κ1) is 14.6. The quantitative estimate of drug-likeness (QED) is 0.822. The van der Waals surface area contributed by atoms with Crippen LogP contribution < -0.4 is 11.1 Å². The number of nitrogens with zero attached hydrogens (tertiary/aromatic N) is 1. The van der Waals surface area contributed by atoms with Crippen LogP contribution in [0.5, 0.6) is 0 Å². The van der Waals surface area contributed by atoms with Gasteiger partial charge in [-0.25, -0.2) is 4.98 Å². The fraction of sp³-hybridized carbons (Fsp3) is 0.200. The van der Waals surface area contributed by atoms with E-state index in [9.17, 15) is 0 Å². The molecule has 0 bridgehead atoms. The Kier molecular flexibility index (Phi) is 4.02. The Morgan fingerprint density at radius 3 is 2.52 bits per heavy atom. The third kappa shape index (κ3) is 3.12. The molecule has 21 heavy (non-hydrogen) atoms.